The number of rotatable bonds is 2. The Balaban J connectivity index is 2.97. The molecule has 0 spiro atoms. The van der Waals surface area contributed by atoms with E-state index in [9.17, 15) is 8.42 Å². The van der Waals surface area contributed by atoms with Crippen LogP contribution in [-0.2, 0) is 15.8 Å². The molecule has 1 aromatic rings. The Morgan fingerprint density at radius 1 is 1.67 bits per heavy atom. The monoisotopic (exact) mass is 253 g/mol. The van der Waals surface area contributed by atoms with Gasteiger partial charge in [-0.25, -0.2) is 13.6 Å². The fourth-order valence-corrected chi connectivity index (χ4v) is 2.00. The summed E-state index contributed by atoms with van der Waals surface area (Å²) in [5, 5.41) is 4.84. The highest BCUT2D eigenvalue weighted by Gasteiger charge is 2.12. The van der Waals surface area contributed by atoms with Crippen LogP contribution in [0.25, 0.3) is 0 Å². The number of furan rings is 1. The average Bonchev–Trinajstić information content (AvgIpc) is 2.06. The molecule has 2 N–H and O–H groups in total. The highest BCUT2D eigenvalue weighted by molar-refractivity contribution is 9.10. The normalized spacial score (nSPS) is 11.9. The van der Waals surface area contributed by atoms with Gasteiger partial charge in [0.25, 0.3) is 0 Å². The van der Waals surface area contributed by atoms with Gasteiger partial charge in [0.05, 0.1) is 0 Å². The van der Waals surface area contributed by atoms with Crippen molar-refractivity contribution < 1.29 is 12.8 Å². The molecule has 0 fully saturated rings. The van der Waals surface area contributed by atoms with Crippen molar-refractivity contribution in [3.8, 4) is 0 Å². The first-order chi connectivity index (χ1) is 5.38. The van der Waals surface area contributed by atoms with Crippen LogP contribution in [0.15, 0.2) is 15.2 Å². The van der Waals surface area contributed by atoms with Crippen LogP contribution in [0.5, 0.6) is 0 Å². The molecule has 0 atom stereocenters. The number of primary sulfonamides is 1. The third-order valence-corrected chi connectivity index (χ3v) is 2.38. The Labute approximate surface area is 78.9 Å². The van der Waals surface area contributed by atoms with Crippen LogP contribution in [0, 0.1) is 6.92 Å². The number of nitrogens with two attached hydrogens (primary N) is 1. The Bertz CT molecular complexity index is 381. The highest BCUT2D eigenvalue weighted by atomic mass is 79.9. The fourth-order valence-electron chi connectivity index (χ4n) is 0.804. The maximum absolute atomic E-state index is 10.7. The molecule has 12 heavy (non-hydrogen) atoms. The van der Waals surface area contributed by atoms with Crippen LogP contribution in [0.2, 0.25) is 0 Å². The summed E-state index contributed by atoms with van der Waals surface area (Å²) in [7, 11) is -3.50. The van der Waals surface area contributed by atoms with Gasteiger partial charge in [-0.1, -0.05) is 0 Å². The van der Waals surface area contributed by atoms with E-state index < -0.39 is 10.0 Å². The molecular weight excluding hydrogens is 246 g/mol. The fraction of sp³-hybridized carbons (Fsp3) is 0.333. The van der Waals surface area contributed by atoms with Crippen molar-refractivity contribution in [3.05, 3.63) is 22.1 Å². The standard InChI is InChI=1S/C6H8BrNO3S/c1-4-2-6(7)11-5(4)3-12(8,9)10/h2H,3H2,1H3,(H2,8,9,10). The molecule has 1 rings (SSSR count). The molecule has 68 valence electrons. The second kappa shape index (κ2) is 3.20. The molecule has 0 aromatic carbocycles. The summed E-state index contributed by atoms with van der Waals surface area (Å²) >= 11 is 3.09. The van der Waals surface area contributed by atoms with Gasteiger partial charge in [0.2, 0.25) is 10.0 Å². The van der Waals surface area contributed by atoms with Crippen LogP contribution in [0.1, 0.15) is 11.3 Å². The van der Waals surface area contributed by atoms with Gasteiger partial charge in [0.1, 0.15) is 11.5 Å². The molecule has 0 amide bonds. The molecule has 1 heterocycles. The van der Waals surface area contributed by atoms with Gasteiger partial charge < -0.3 is 4.42 Å². The van der Waals surface area contributed by atoms with E-state index in [4.69, 9.17) is 9.56 Å². The van der Waals surface area contributed by atoms with Crippen molar-refractivity contribution in [1.82, 2.24) is 0 Å². The topological polar surface area (TPSA) is 73.3 Å². The van der Waals surface area contributed by atoms with Crippen molar-refractivity contribution >= 4 is 26.0 Å². The third kappa shape index (κ3) is 2.62. The minimum Gasteiger partial charge on any atom is -0.453 e. The van der Waals surface area contributed by atoms with Gasteiger partial charge in [0, 0.05) is 0 Å². The highest BCUT2D eigenvalue weighted by Crippen LogP contribution is 2.20. The summed E-state index contributed by atoms with van der Waals surface area (Å²) in [6.07, 6.45) is 0. The Hall–Kier alpha value is -0.330. The Kier molecular flexibility index (Phi) is 2.60. The van der Waals surface area contributed by atoms with Crippen molar-refractivity contribution in [2.45, 2.75) is 12.7 Å². The smallest absolute Gasteiger partial charge is 0.216 e. The van der Waals surface area contributed by atoms with Crippen molar-refractivity contribution in [2.75, 3.05) is 0 Å². The quantitative estimate of drug-likeness (QED) is 0.859. The number of aryl methyl sites for hydroxylation is 1. The number of halogens is 1. The lowest BCUT2D eigenvalue weighted by Gasteiger charge is -1.94. The summed E-state index contributed by atoms with van der Waals surface area (Å²) in [5.41, 5.74) is 0.774. The minimum absolute atomic E-state index is 0.259. The van der Waals surface area contributed by atoms with E-state index in [-0.39, 0.29) is 5.75 Å². The largest absolute Gasteiger partial charge is 0.453 e. The molecule has 0 aliphatic carbocycles. The molecule has 6 heteroatoms. The molecule has 0 aliphatic heterocycles. The third-order valence-electron chi connectivity index (χ3n) is 1.32. The van der Waals surface area contributed by atoms with E-state index in [1.807, 2.05) is 0 Å². The number of sulfonamides is 1. The maximum atomic E-state index is 10.7. The van der Waals surface area contributed by atoms with Gasteiger partial charge in [-0.05, 0) is 34.5 Å². The van der Waals surface area contributed by atoms with Crippen LogP contribution in [0.4, 0.5) is 0 Å². The lowest BCUT2D eigenvalue weighted by Crippen LogP contribution is -2.14. The first kappa shape index (κ1) is 9.76. The zero-order valence-electron chi connectivity index (χ0n) is 6.37. The lowest BCUT2D eigenvalue weighted by atomic mass is 10.3. The predicted octanol–water partition coefficient (Wildman–Crippen LogP) is 1.14. The molecular formula is C6H8BrNO3S. The Morgan fingerprint density at radius 3 is 2.58 bits per heavy atom. The molecule has 0 unspecified atom stereocenters. The molecule has 1 aromatic heterocycles. The summed E-state index contributed by atoms with van der Waals surface area (Å²) in [6.45, 7) is 1.76. The van der Waals surface area contributed by atoms with E-state index in [0.717, 1.165) is 5.56 Å². The van der Waals surface area contributed by atoms with Gasteiger partial charge in [0.15, 0.2) is 4.67 Å². The maximum Gasteiger partial charge on any atom is 0.216 e. The zero-order valence-corrected chi connectivity index (χ0v) is 8.78. The van der Waals surface area contributed by atoms with Gasteiger partial charge in [-0.2, -0.15) is 0 Å². The summed E-state index contributed by atoms with van der Waals surface area (Å²) in [4.78, 5) is 0. The number of hydrogen-bond acceptors (Lipinski definition) is 3. The van der Waals surface area contributed by atoms with E-state index in [2.05, 4.69) is 15.9 Å². The average molecular weight is 254 g/mol. The second-order valence-electron chi connectivity index (χ2n) is 2.46. The molecule has 0 saturated heterocycles. The van der Waals surface area contributed by atoms with Crippen LogP contribution < -0.4 is 5.14 Å². The summed E-state index contributed by atoms with van der Waals surface area (Å²) < 4.78 is 26.9. The minimum atomic E-state index is -3.50. The van der Waals surface area contributed by atoms with Crippen LogP contribution in [-0.4, -0.2) is 8.42 Å². The van der Waals surface area contributed by atoms with Crippen LogP contribution in [0.3, 0.4) is 0 Å². The lowest BCUT2D eigenvalue weighted by molar-refractivity contribution is 0.498. The Morgan fingerprint density at radius 2 is 2.25 bits per heavy atom. The first-order valence-electron chi connectivity index (χ1n) is 3.14. The predicted molar refractivity (Wildman–Crippen MR) is 48.0 cm³/mol. The molecule has 0 saturated carbocycles. The van der Waals surface area contributed by atoms with E-state index in [1.165, 1.54) is 0 Å². The van der Waals surface area contributed by atoms with Gasteiger partial charge in [-0.15, -0.1) is 0 Å². The second-order valence-corrected chi connectivity index (χ2v) is 4.86. The summed E-state index contributed by atoms with van der Waals surface area (Å²) in [5.74, 6) is 0.120. The summed E-state index contributed by atoms with van der Waals surface area (Å²) in [6, 6.07) is 1.69. The molecule has 0 radical (unpaired) electrons. The van der Waals surface area contributed by atoms with E-state index >= 15 is 0 Å². The molecule has 0 bridgehead atoms. The van der Waals surface area contributed by atoms with E-state index in [0.29, 0.717) is 10.4 Å². The van der Waals surface area contributed by atoms with Crippen molar-refractivity contribution in [1.29, 1.82) is 0 Å². The van der Waals surface area contributed by atoms with E-state index in [1.54, 1.807) is 13.0 Å². The molecule has 4 nitrogen and oxygen atoms in total. The van der Waals surface area contributed by atoms with Crippen molar-refractivity contribution in [3.63, 3.8) is 0 Å². The first-order valence-corrected chi connectivity index (χ1v) is 5.64. The zero-order chi connectivity index (χ0) is 9.35. The van der Waals surface area contributed by atoms with Gasteiger partial charge >= 0.3 is 0 Å². The number of hydrogen-bond donors (Lipinski definition) is 1. The van der Waals surface area contributed by atoms with Crippen LogP contribution >= 0.6 is 15.9 Å². The van der Waals surface area contributed by atoms with Crippen molar-refractivity contribution in [2.24, 2.45) is 5.14 Å². The molecule has 0 aliphatic rings. The van der Waals surface area contributed by atoms with Gasteiger partial charge in [-0.3, -0.25) is 0 Å². The SMILES string of the molecule is Cc1cc(Br)oc1CS(N)(=O)=O.